The van der Waals surface area contributed by atoms with E-state index in [0.717, 1.165) is 12.6 Å². The third-order valence-corrected chi connectivity index (χ3v) is 1.97. The molecule has 0 bridgehead atoms. The van der Waals surface area contributed by atoms with E-state index in [1.165, 1.54) is 10.6 Å². The fourth-order valence-electron chi connectivity index (χ4n) is 0.557. The monoisotopic (exact) mass is 592 g/mol. The molecule has 2 N–H and O–H groups in total. The minimum absolute atomic E-state index is 0. The van der Waals surface area contributed by atoms with Crippen LogP contribution in [0.4, 0.5) is 0 Å². The lowest BCUT2D eigenvalue weighted by atomic mass is 10.4. The van der Waals surface area contributed by atoms with Gasteiger partial charge in [0.1, 0.15) is 14.1 Å². The number of hydrogen-bond donors (Lipinski definition) is 2. The molecule has 0 atom stereocenters. The van der Waals surface area contributed by atoms with Gasteiger partial charge in [-0.3, -0.25) is 9.59 Å². The first-order valence-electron chi connectivity index (χ1n) is 8.21. The maximum atomic E-state index is 10.5. The van der Waals surface area contributed by atoms with Crippen molar-refractivity contribution >= 4 is 88.6 Å². The number of amides is 1. The lowest BCUT2D eigenvalue weighted by molar-refractivity contribution is -0.457. The second-order valence-corrected chi connectivity index (χ2v) is 6.90. The van der Waals surface area contributed by atoms with Crippen LogP contribution in [-0.4, -0.2) is 107 Å². The third kappa shape index (κ3) is 69.9. The van der Waals surface area contributed by atoms with Crippen molar-refractivity contribution in [1.82, 2.24) is 4.90 Å². The number of carbonyl (C=O) groups excluding carboxylic acids is 4. The van der Waals surface area contributed by atoms with Crippen LogP contribution in [0.1, 0.15) is 21.3 Å². The average molecular weight is 595 g/mol. The van der Waals surface area contributed by atoms with Gasteiger partial charge in [-0.15, -0.1) is 0 Å². The molecule has 0 rings (SSSR count). The highest BCUT2D eigenvalue weighted by molar-refractivity contribution is 6.63. The summed E-state index contributed by atoms with van der Waals surface area (Å²) < 4.78 is 9.75. The summed E-state index contributed by atoms with van der Waals surface area (Å²) in [5.74, 6) is -1.42. The van der Waals surface area contributed by atoms with Gasteiger partial charge in [-0.05, 0) is 25.4 Å². The highest BCUT2D eigenvalue weighted by atomic mass is 35.6. The summed E-state index contributed by atoms with van der Waals surface area (Å²) in [6, 6.07) is 0. The first kappa shape index (κ1) is 49.2. The third-order valence-electron chi connectivity index (χ3n) is 1.58. The molecule has 0 radical (unpaired) electrons. The number of hydrogen-bond acceptors (Lipinski definition) is 8. The van der Waals surface area contributed by atoms with E-state index in [4.69, 9.17) is 57.5 Å². The zero-order valence-electron chi connectivity index (χ0n) is 18.9. The van der Waals surface area contributed by atoms with Gasteiger partial charge < -0.3 is 26.8 Å². The van der Waals surface area contributed by atoms with E-state index in [9.17, 15) is 19.2 Å². The Kier molecular flexibility index (Phi) is 59.6. The average Bonchev–Trinajstić information content (AvgIpc) is 2.70. The standard InChI is InChI=1S/C5H7N2O3.C4H7N2O2.C3H7ClN.C3H7NO.CHCl3.CH4.ClH/c1-2-10-5(9)4(3-8)7-6;1-2-8-4(7)3-6-5;1-5(2)3-4;1-4(2)3-5;2-1(3)4;;/h3,6H,2H2,1H3;3,5H,2H2,1H3;2*3H,1-2H3;1H;1H4;1H/q3*+1;;;;/p-1. The molecule has 0 aliphatic carbocycles. The van der Waals surface area contributed by atoms with Crippen LogP contribution in [0.3, 0.4) is 0 Å². The minimum Gasteiger partial charge on any atom is -1.00 e. The van der Waals surface area contributed by atoms with Crippen molar-refractivity contribution in [3.8, 4) is 0 Å². The highest BCUT2D eigenvalue weighted by Crippen LogP contribution is 2.03. The Morgan fingerprint density at radius 2 is 1.41 bits per heavy atom. The van der Waals surface area contributed by atoms with Crippen LogP contribution < -0.4 is 12.4 Å². The van der Waals surface area contributed by atoms with E-state index in [1.54, 1.807) is 32.5 Å². The fourth-order valence-corrected chi connectivity index (χ4v) is 0.557. The lowest BCUT2D eigenvalue weighted by Crippen LogP contribution is -3.00. The first-order chi connectivity index (χ1) is 14.8. The largest absolute Gasteiger partial charge is 1.00 e. The van der Waals surface area contributed by atoms with Gasteiger partial charge in [-0.1, -0.05) is 42.2 Å². The van der Waals surface area contributed by atoms with Crippen molar-refractivity contribution in [2.75, 3.05) is 41.4 Å². The quantitative estimate of drug-likeness (QED) is 0.0593. The number of nitrogens with one attached hydrogen (secondary N) is 2. The molecule has 34 heavy (non-hydrogen) atoms. The predicted octanol–water partition coefficient (Wildman–Crippen LogP) is -0.855. The zero-order chi connectivity index (χ0) is 26.5. The van der Waals surface area contributed by atoms with E-state index in [-0.39, 0.29) is 32.7 Å². The Morgan fingerprint density at radius 3 is 1.59 bits per heavy atom. The maximum absolute atomic E-state index is 10.5. The number of aldehydes is 1. The van der Waals surface area contributed by atoms with Gasteiger partial charge in [0.2, 0.25) is 18.4 Å². The maximum Gasteiger partial charge on any atom is 0.487 e. The van der Waals surface area contributed by atoms with E-state index in [0.29, 0.717) is 6.61 Å². The molecule has 0 saturated carbocycles. The number of alkyl halides is 3. The van der Waals surface area contributed by atoms with Crippen LogP contribution in [0.5, 0.6) is 0 Å². The van der Waals surface area contributed by atoms with Crippen molar-refractivity contribution in [1.29, 1.82) is 11.1 Å². The van der Waals surface area contributed by atoms with Crippen LogP contribution in [0, 0.1) is 11.1 Å². The molecule has 0 unspecified atom stereocenters. The molecular formula is C17H33Cl5N6O6+2. The normalized spacial score (nSPS) is 7.03. The van der Waals surface area contributed by atoms with Crippen LogP contribution in [0.15, 0.2) is 0 Å². The molecule has 0 spiro atoms. The van der Waals surface area contributed by atoms with Gasteiger partial charge in [0, 0.05) is 14.1 Å². The van der Waals surface area contributed by atoms with Crippen LogP contribution in [0.2, 0.25) is 0 Å². The van der Waals surface area contributed by atoms with E-state index < -0.39 is 21.9 Å². The van der Waals surface area contributed by atoms with Crippen molar-refractivity contribution in [2.24, 2.45) is 0 Å². The molecule has 0 saturated heterocycles. The van der Waals surface area contributed by atoms with Crippen molar-refractivity contribution in [3.05, 3.63) is 0 Å². The second kappa shape index (κ2) is 41.2. The van der Waals surface area contributed by atoms with Crippen molar-refractivity contribution in [3.63, 3.8) is 0 Å². The molecule has 17 heteroatoms. The molecule has 200 valence electrons. The topological polar surface area (TPSA) is 169 Å². The van der Waals surface area contributed by atoms with Crippen LogP contribution >= 0.6 is 46.4 Å². The number of halogens is 5. The summed E-state index contributed by atoms with van der Waals surface area (Å²) in [4.78, 5) is 46.8. The Labute approximate surface area is 226 Å². The zero-order valence-corrected chi connectivity index (χ0v) is 22.7. The summed E-state index contributed by atoms with van der Waals surface area (Å²) in [6.07, 6.45) is 1.74. The molecular weight excluding hydrogens is 561 g/mol. The molecule has 0 aromatic heterocycles. The number of rotatable bonds is 6. The van der Waals surface area contributed by atoms with Crippen molar-refractivity contribution < 1.29 is 55.2 Å². The molecule has 12 nitrogen and oxygen atoms in total. The molecule has 0 aromatic rings. The van der Waals surface area contributed by atoms with Gasteiger partial charge in [-0.25, -0.2) is 14.2 Å². The van der Waals surface area contributed by atoms with Crippen LogP contribution in [-0.2, 0) is 28.7 Å². The van der Waals surface area contributed by atoms with Gasteiger partial charge in [0.25, 0.3) is 0 Å². The first-order valence-corrected chi connectivity index (χ1v) is 9.96. The number of carbonyl (C=O) groups is 4. The summed E-state index contributed by atoms with van der Waals surface area (Å²) in [7, 11) is 7.11. The van der Waals surface area contributed by atoms with E-state index in [2.05, 4.69) is 19.1 Å². The number of ether oxygens (including phenoxy) is 2. The van der Waals surface area contributed by atoms with Gasteiger partial charge >= 0.3 is 23.9 Å². The Balaban J connectivity index is -0.0000000551. The van der Waals surface area contributed by atoms with E-state index in [1.807, 2.05) is 14.1 Å². The van der Waals surface area contributed by atoms with Gasteiger partial charge in [-0.2, -0.15) is 0 Å². The Bertz CT molecular complexity index is 646. The van der Waals surface area contributed by atoms with Gasteiger partial charge in [0.05, 0.1) is 33.9 Å². The number of nitrogens with zero attached hydrogens (tertiary/aromatic N) is 4. The molecule has 0 heterocycles. The number of esters is 2. The Hall–Kier alpha value is -2.04. The summed E-state index contributed by atoms with van der Waals surface area (Å²) in [6.45, 7) is 3.79. The SMILES string of the molecule is C.CCOC(=O)C(C=O)=[N+]=N.CCOC(=O)C=[N+]=N.CN(C)C=O.C[N+](C)=CCl.ClC(Cl)Cl.[Cl-]. The van der Waals surface area contributed by atoms with Crippen LogP contribution in [0.25, 0.3) is 0 Å². The second-order valence-electron chi connectivity index (χ2n) is 4.72. The fraction of sp³-hybridized carbons (Fsp3) is 0.588. The summed E-state index contributed by atoms with van der Waals surface area (Å²) in [5.41, 5.74) is 13.5. The van der Waals surface area contributed by atoms with Gasteiger partial charge in [0.15, 0.2) is 4.30 Å². The van der Waals surface area contributed by atoms with E-state index >= 15 is 0 Å². The minimum atomic E-state index is -0.854. The smallest absolute Gasteiger partial charge is 0.487 e. The summed E-state index contributed by atoms with van der Waals surface area (Å²) in [5, 5.41) is 0. The summed E-state index contributed by atoms with van der Waals surface area (Å²) >= 11 is 19.6. The molecule has 1 amide bonds. The Morgan fingerprint density at radius 1 is 1.06 bits per heavy atom. The molecule has 0 aliphatic rings. The van der Waals surface area contributed by atoms with Crippen molar-refractivity contribution in [2.45, 2.75) is 25.6 Å². The predicted molar refractivity (Wildman–Crippen MR) is 128 cm³/mol. The molecule has 0 aliphatic heterocycles. The lowest BCUT2D eigenvalue weighted by Gasteiger charge is -1.93. The highest BCUT2D eigenvalue weighted by Gasteiger charge is 2.22. The molecule has 0 fully saturated rings. The molecule has 0 aromatic carbocycles.